The first kappa shape index (κ1) is 50.9. The SMILES string of the molecule is Clc1nc(NCc2ccccc2)c2c(-c3ccccc3)cccc2c1-c1cncc(-c2nn[nH]n2)c1.N#Cc1cncc(-c2c(Cl)nc(NCc3ccccc3)c3c(-c4ccccc4)cccc23)c1.[N-]=[N+]=[N-].[Na+]. The third kappa shape index (κ3) is 11.8. The predicted octanol–water partition coefficient (Wildman–Crippen LogP) is 11.4. The number of pyridine rings is 4. The number of tetrazole rings is 1. The summed E-state index contributed by atoms with van der Waals surface area (Å²) in [5, 5.41) is 35.3. The quantitative estimate of drug-likeness (QED) is 0.0366. The standard InChI is InChI=1S/C28H20ClN7.C28H19ClN4.N3.Na/c29-26-24(20-14-21(17-30-16-20)27-33-35-36-34-27)23-13-7-12-22(19-10-5-2-6-11-19)25(23)28(32-26)31-15-18-8-3-1-4-9-18;29-27-25(22-14-20(15-30)16-31-18-22)24-13-7-12-23(21-10-5-2-6-11-21)26(24)28(33-27)32-17-19-8-3-1-4-9-19;1-3-2;/h1-14,16-17H,15H2,(H,31,32)(H,33,34,35,36);1-14,16,18H,17H2,(H,32,33);;/q;;-1;+1. The molecular formula is C56H39Cl2N14Na. The molecule has 5 aromatic heterocycles. The normalized spacial score (nSPS) is 10.4. The summed E-state index contributed by atoms with van der Waals surface area (Å²) >= 11 is 13.6. The molecule has 3 N–H and O–H groups in total. The third-order valence-corrected chi connectivity index (χ3v) is 12.1. The second-order valence-electron chi connectivity index (χ2n) is 16.0. The molecule has 5 heterocycles. The van der Waals surface area contributed by atoms with E-state index >= 15 is 0 Å². The molecular weight excluding hydrogens is 963 g/mol. The van der Waals surface area contributed by atoms with Crippen molar-refractivity contribution in [3.05, 3.63) is 238 Å². The summed E-state index contributed by atoms with van der Waals surface area (Å²) in [4.78, 5) is 19.8. The largest absolute Gasteiger partial charge is 1.00 e. The van der Waals surface area contributed by atoms with E-state index in [1.54, 1.807) is 24.7 Å². The van der Waals surface area contributed by atoms with Gasteiger partial charge in [-0.3, -0.25) is 14.9 Å². The number of hydrogen-bond donors (Lipinski definition) is 3. The summed E-state index contributed by atoms with van der Waals surface area (Å²) in [6.45, 7) is 1.24. The van der Waals surface area contributed by atoms with Gasteiger partial charge in [-0.25, -0.2) is 9.97 Å². The molecule has 0 spiro atoms. The van der Waals surface area contributed by atoms with E-state index in [2.05, 4.69) is 114 Å². The Bertz CT molecular complexity index is 3710. The van der Waals surface area contributed by atoms with Gasteiger partial charge in [0.15, 0.2) is 0 Å². The van der Waals surface area contributed by atoms with Crippen LogP contribution in [-0.4, -0.2) is 40.6 Å². The molecule has 17 heteroatoms. The van der Waals surface area contributed by atoms with Gasteiger partial charge in [0.1, 0.15) is 28.0 Å². The van der Waals surface area contributed by atoms with Gasteiger partial charge >= 0.3 is 29.6 Å². The van der Waals surface area contributed by atoms with Gasteiger partial charge < -0.3 is 21.7 Å². The van der Waals surface area contributed by atoms with E-state index in [9.17, 15) is 5.26 Å². The van der Waals surface area contributed by atoms with Crippen molar-refractivity contribution in [3.63, 3.8) is 0 Å². The summed E-state index contributed by atoms with van der Waals surface area (Å²) in [7, 11) is 0. The van der Waals surface area contributed by atoms with Crippen LogP contribution >= 0.6 is 23.2 Å². The summed E-state index contributed by atoms with van der Waals surface area (Å²) in [6.07, 6.45) is 6.73. The molecule has 0 aliphatic carbocycles. The molecule has 0 saturated carbocycles. The number of fused-ring (bicyclic) bond motifs is 2. The van der Waals surface area contributed by atoms with Crippen LogP contribution in [0.3, 0.4) is 0 Å². The van der Waals surface area contributed by atoms with Crippen molar-refractivity contribution in [2.45, 2.75) is 13.1 Å². The van der Waals surface area contributed by atoms with Gasteiger partial charge in [-0.1, -0.05) is 181 Å². The molecule has 0 amide bonds. The van der Waals surface area contributed by atoms with Crippen LogP contribution in [0.5, 0.6) is 0 Å². The maximum atomic E-state index is 9.36. The van der Waals surface area contributed by atoms with Gasteiger partial charge in [-0.2, -0.15) is 10.5 Å². The number of hydrogen-bond acceptors (Lipinski definition) is 10. The van der Waals surface area contributed by atoms with Crippen LogP contribution in [0.2, 0.25) is 10.3 Å². The first-order valence-electron chi connectivity index (χ1n) is 22.4. The average molecular weight is 1000 g/mol. The number of rotatable bonds is 11. The van der Waals surface area contributed by atoms with E-state index in [0.717, 1.165) is 88.6 Å². The number of anilines is 2. The zero-order valence-corrected chi connectivity index (χ0v) is 42.6. The van der Waals surface area contributed by atoms with E-state index in [1.807, 2.05) is 97.1 Å². The van der Waals surface area contributed by atoms with E-state index in [1.165, 1.54) is 11.1 Å². The maximum Gasteiger partial charge on any atom is 1.00 e. The van der Waals surface area contributed by atoms with Crippen LogP contribution in [0.15, 0.2) is 195 Å². The van der Waals surface area contributed by atoms with Crippen molar-refractivity contribution < 1.29 is 29.6 Å². The molecule has 0 aliphatic rings. The Morgan fingerprint density at radius 1 is 0.534 bits per heavy atom. The Balaban J connectivity index is 0.000000183. The molecule has 0 fully saturated rings. The minimum atomic E-state index is 0. The van der Waals surface area contributed by atoms with Crippen LogP contribution < -0.4 is 40.2 Å². The number of nitrogens with one attached hydrogen (secondary N) is 3. The predicted molar refractivity (Wildman–Crippen MR) is 286 cm³/mol. The number of aromatic nitrogens is 8. The van der Waals surface area contributed by atoms with E-state index in [-0.39, 0.29) is 29.6 Å². The number of nitrogens with zero attached hydrogens (tertiary/aromatic N) is 11. The molecule has 0 aliphatic heterocycles. The Morgan fingerprint density at radius 3 is 1.42 bits per heavy atom. The van der Waals surface area contributed by atoms with Crippen LogP contribution in [0.1, 0.15) is 16.7 Å². The molecule has 0 atom stereocenters. The summed E-state index contributed by atoms with van der Waals surface area (Å²) in [5.74, 6) is 1.90. The smallest absolute Gasteiger partial charge is 0.373 e. The fourth-order valence-corrected chi connectivity index (χ4v) is 8.97. The van der Waals surface area contributed by atoms with Crippen molar-refractivity contribution in [3.8, 4) is 62.0 Å². The van der Waals surface area contributed by atoms with Gasteiger partial charge in [-0.15, -0.1) is 10.2 Å². The average Bonchev–Trinajstić information content (AvgIpc) is 3.99. The monoisotopic (exact) mass is 1000 g/mol. The second-order valence-corrected chi connectivity index (χ2v) is 16.7. The Morgan fingerprint density at radius 2 is 0.973 bits per heavy atom. The molecule has 0 bridgehead atoms. The number of benzene rings is 6. The Hall–Kier alpha value is -8.51. The number of nitriles is 1. The van der Waals surface area contributed by atoms with Crippen molar-refractivity contribution in [1.29, 1.82) is 5.26 Å². The van der Waals surface area contributed by atoms with Crippen molar-refractivity contribution >= 4 is 56.4 Å². The van der Waals surface area contributed by atoms with Gasteiger partial charge in [-0.05, 0) is 61.5 Å². The summed E-state index contributed by atoms with van der Waals surface area (Å²) in [6, 6.07) is 59.2. The summed E-state index contributed by atoms with van der Waals surface area (Å²) in [5.41, 5.74) is 24.5. The van der Waals surface area contributed by atoms with Crippen molar-refractivity contribution in [2.75, 3.05) is 10.6 Å². The molecule has 14 nitrogen and oxygen atoms in total. The van der Waals surface area contributed by atoms with Crippen LogP contribution in [0.4, 0.5) is 11.6 Å². The van der Waals surface area contributed by atoms with Crippen molar-refractivity contribution in [1.82, 2.24) is 40.6 Å². The van der Waals surface area contributed by atoms with Gasteiger partial charge in [0, 0.05) is 76.5 Å². The van der Waals surface area contributed by atoms with E-state index in [0.29, 0.717) is 40.6 Å². The zero-order chi connectivity index (χ0) is 49.7. The first-order valence-corrected chi connectivity index (χ1v) is 23.1. The molecule has 0 saturated heterocycles. The topological polar surface area (TPSA) is 213 Å². The molecule has 11 rings (SSSR count). The first-order chi connectivity index (χ1) is 35.4. The second kappa shape index (κ2) is 24.6. The van der Waals surface area contributed by atoms with Gasteiger partial charge in [0.25, 0.3) is 0 Å². The van der Waals surface area contributed by atoms with E-state index < -0.39 is 0 Å². The number of H-pyrrole nitrogens is 1. The number of aromatic amines is 1. The Kier molecular flexibility index (Phi) is 17.1. The third-order valence-electron chi connectivity index (χ3n) is 11.5. The van der Waals surface area contributed by atoms with Crippen LogP contribution in [0.25, 0.3) is 93.4 Å². The molecule has 73 heavy (non-hydrogen) atoms. The van der Waals surface area contributed by atoms with Crippen molar-refractivity contribution in [2.24, 2.45) is 0 Å². The fraction of sp³-hybridized carbons (Fsp3) is 0.0357. The minimum absolute atomic E-state index is 0. The molecule has 6 aromatic carbocycles. The van der Waals surface area contributed by atoms with E-state index in [4.69, 9.17) is 44.2 Å². The molecule has 348 valence electrons. The van der Waals surface area contributed by atoms with Gasteiger partial charge in [0.2, 0.25) is 5.82 Å². The number of halogens is 2. The van der Waals surface area contributed by atoms with Gasteiger partial charge in [0.05, 0.1) is 5.56 Å². The maximum absolute atomic E-state index is 9.36. The molecule has 0 unspecified atom stereocenters. The van der Waals surface area contributed by atoms with Crippen LogP contribution in [0, 0.1) is 11.3 Å². The molecule has 0 radical (unpaired) electrons. The minimum Gasteiger partial charge on any atom is -0.373 e. The van der Waals surface area contributed by atoms with Crippen LogP contribution in [-0.2, 0) is 13.1 Å². The summed E-state index contributed by atoms with van der Waals surface area (Å²) < 4.78 is 0. The zero-order valence-electron chi connectivity index (χ0n) is 39.1. The molecule has 11 aromatic rings. The fourth-order valence-electron chi connectivity index (χ4n) is 8.38. The Labute approximate surface area is 451 Å².